The molecule has 86 valence electrons. The maximum absolute atomic E-state index is 11.2. The van der Waals surface area contributed by atoms with Gasteiger partial charge in [0.25, 0.3) is 0 Å². The molecule has 1 heterocycles. The van der Waals surface area contributed by atoms with Crippen LogP contribution in [0.4, 0.5) is 0 Å². The van der Waals surface area contributed by atoms with Crippen molar-refractivity contribution in [1.82, 2.24) is 15.1 Å². The molecule has 4 nitrogen and oxygen atoms in total. The quantitative estimate of drug-likeness (QED) is 0.811. The molecule has 0 aliphatic rings. The van der Waals surface area contributed by atoms with E-state index in [1.165, 1.54) is 0 Å². The van der Waals surface area contributed by atoms with E-state index >= 15 is 0 Å². The zero-order chi connectivity index (χ0) is 11.3. The molecule has 0 radical (unpaired) electrons. The van der Waals surface area contributed by atoms with Crippen LogP contribution in [0.2, 0.25) is 0 Å². The van der Waals surface area contributed by atoms with Gasteiger partial charge in [-0.25, -0.2) is 0 Å². The number of nitrogens with zero attached hydrogens (tertiary/aromatic N) is 2. The molecule has 1 aromatic heterocycles. The van der Waals surface area contributed by atoms with E-state index in [9.17, 15) is 4.79 Å². The highest BCUT2D eigenvalue weighted by molar-refractivity contribution is 5.75. The van der Waals surface area contributed by atoms with Crippen molar-refractivity contribution >= 4 is 5.91 Å². The first kappa shape index (κ1) is 11.8. The normalized spacial score (nSPS) is 10.7. The average Bonchev–Trinajstić information content (AvgIpc) is 2.63. The molecule has 0 aromatic carbocycles. The monoisotopic (exact) mass is 211 g/mol. The molecule has 0 unspecified atom stereocenters. The van der Waals surface area contributed by atoms with E-state index in [0.29, 0.717) is 19.0 Å². The molecule has 0 saturated heterocycles. The van der Waals surface area contributed by atoms with Gasteiger partial charge in [-0.05, 0) is 26.3 Å². The van der Waals surface area contributed by atoms with Gasteiger partial charge < -0.3 is 5.32 Å². The molecule has 0 aliphatic carbocycles. The molecule has 1 rings (SSSR count). The Morgan fingerprint density at radius 2 is 2.40 bits per heavy atom. The molecule has 0 spiro atoms. The Labute approximate surface area is 92.2 Å². The van der Waals surface area contributed by atoms with Gasteiger partial charge in [-0.1, -0.05) is 6.92 Å². The van der Waals surface area contributed by atoms with E-state index in [-0.39, 0.29) is 7.33 Å². The second-order valence-corrected chi connectivity index (χ2v) is 3.91. The summed E-state index contributed by atoms with van der Waals surface area (Å²) in [6, 6.07) is 2.30. The van der Waals surface area contributed by atoms with E-state index < -0.39 is 0 Å². The number of carbonyl (C=O) groups is 1. The lowest BCUT2D eigenvalue weighted by molar-refractivity contribution is -0.121. The van der Waals surface area contributed by atoms with Gasteiger partial charge in [-0.15, -0.1) is 0 Å². The fraction of sp³-hybridized carbons (Fsp3) is 0.636. The Bertz CT molecular complexity index is 323. The van der Waals surface area contributed by atoms with Crippen LogP contribution in [0.15, 0.2) is 12.3 Å². The standard InChI is InChI=1S/C11H19N3O.H2/c1-4-5-11(15)12-8-10-6-7-14(13-10)9(2)3;/h6-7,9H,4-5,8H2,1-3H3,(H,12,15);1H. The van der Waals surface area contributed by atoms with Crippen molar-refractivity contribution < 1.29 is 6.22 Å². The molecule has 0 atom stereocenters. The summed E-state index contributed by atoms with van der Waals surface area (Å²) >= 11 is 0. The lowest BCUT2D eigenvalue weighted by Crippen LogP contribution is -2.22. The maximum atomic E-state index is 11.2. The van der Waals surface area contributed by atoms with Crippen LogP contribution in [0.3, 0.4) is 0 Å². The predicted octanol–water partition coefficient (Wildman–Crippen LogP) is 2.13. The van der Waals surface area contributed by atoms with E-state index in [1.807, 2.05) is 23.9 Å². The topological polar surface area (TPSA) is 46.9 Å². The van der Waals surface area contributed by atoms with Crippen molar-refractivity contribution in [2.75, 3.05) is 0 Å². The number of rotatable bonds is 5. The van der Waals surface area contributed by atoms with Crippen LogP contribution in [0, 0.1) is 0 Å². The third kappa shape index (κ3) is 3.73. The van der Waals surface area contributed by atoms with Gasteiger partial charge in [0.2, 0.25) is 5.91 Å². The number of nitrogens with one attached hydrogen (secondary N) is 1. The summed E-state index contributed by atoms with van der Waals surface area (Å²) in [4.78, 5) is 11.2. The van der Waals surface area contributed by atoms with Gasteiger partial charge in [0.15, 0.2) is 0 Å². The van der Waals surface area contributed by atoms with Crippen molar-refractivity contribution in [3.8, 4) is 0 Å². The van der Waals surface area contributed by atoms with Crippen molar-refractivity contribution in [1.29, 1.82) is 0 Å². The van der Waals surface area contributed by atoms with E-state index in [1.54, 1.807) is 0 Å². The molecule has 1 amide bonds. The predicted molar refractivity (Wildman–Crippen MR) is 61.5 cm³/mol. The maximum Gasteiger partial charge on any atom is 0.220 e. The summed E-state index contributed by atoms with van der Waals surface area (Å²) < 4.78 is 1.89. The second kappa shape index (κ2) is 5.53. The molecule has 1 aromatic rings. The zero-order valence-electron chi connectivity index (χ0n) is 9.66. The number of amides is 1. The molecule has 1 N–H and O–H groups in total. The minimum Gasteiger partial charge on any atom is -0.350 e. The number of hydrogen-bond donors (Lipinski definition) is 1. The van der Waals surface area contributed by atoms with Gasteiger partial charge >= 0.3 is 0 Å². The summed E-state index contributed by atoms with van der Waals surface area (Å²) in [5.74, 6) is 0.0941. The highest BCUT2D eigenvalue weighted by Crippen LogP contribution is 2.03. The number of carbonyl (C=O) groups excluding carboxylic acids is 1. The van der Waals surface area contributed by atoms with Crippen molar-refractivity contribution in [3.05, 3.63) is 18.0 Å². The Balaban J connectivity index is 0.00000225. The van der Waals surface area contributed by atoms with Crippen LogP contribution in [-0.4, -0.2) is 15.7 Å². The minimum absolute atomic E-state index is 0. The highest BCUT2D eigenvalue weighted by Gasteiger charge is 2.03. The summed E-state index contributed by atoms with van der Waals surface area (Å²) in [5.41, 5.74) is 0.910. The first-order valence-corrected chi connectivity index (χ1v) is 5.44. The van der Waals surface area contributed by atoms with Crippen LogP contribution in [0.1, 0.15) is 46.8 Å². The minimum atomic E-state index is 0. The van der Waals surface area contributed by atoms with Crippen LogP contribution in [0.25, 0.3) is 0 Å². The van der Waals surface area contributed by atoms with E-state index in [0.717, 1.165) is 12.1 Å². The largest absolute Gasteiger partial charge is 0.350 e. The Kier molecular flexibility index (Phi) is 4.34. The molecular formula is C11H21N3O. The van der Waals surface area contributed by atoms with E-state index in [4.69, 9.17) is 0 Å². The van der Waals surface area contributed by atoms with Gasteiger partial charge in [0.05, 0.1) is 12.2 Å². The third-order valence-electron chi connectivity index (χ3n) is 2.14. The van der Waals surface area contributed by atoms with Gasteiger partial charge in [-0.2, -0.15) is 5.10 Å². The Morgan fingerprint density at radius 1 is 1.67 bits per heavy atom. The third-order valence-corrected chi connectivity index (χ3v) is 2.14. The second-order valence-electron chi connectivity index (χ2n) is 3.91. The van der Waals surface area contributed by atoms with Crippen molar-refractivity contribution in [3.63, 3.8) is 0 Å². The van der Waals surface area contributed by atoms with Crippen LogP contribution in [-0.2, 0) is 11.3 Å². The summed E-state index contributed by atoms with van der Waals surface area (Å²) in [6.07, 6.45) is 3.41. The Morgan fingerprint density at radius 3 is 2.93 bits per heavy atom. The lowest BCUT2D eigenvalue weighted by atomic mass is 10.3. The van der Waals surface area contributed by atoms with Gasteiger partial charge in [0.1, 0.15) is 0 Å². The van der Waals surface area contributed by atoms with Crippen LogP contribution in [0.5, 0.6) is 0 Å². The Hall–Kier alpha value is -1.32. The van der Waals surface area contributed by atoms with Crippen LogP contribution >= 0.6 is 0 Å². The average molecular weight is 211 g/mol. The molecule has 0 bridgehead atoms. The fourth-order valence-corrected chi connectivity index (χ4v) is 1.26. The van der Waals surface area contributed by atoms with Crippen molar-refractivity contribution in [2.24, 2.45) is 0 Å². The van der Waals surface area contributed by atoms with E-state index in [2.05, 4.69) is 24.3 Å². The molecule has 15 heavy (non-hydrogen) atoms. The van der Waals surface area contributed by atoms with Crippen LogP contribution < -0.4 is 5.32 Å². The molecular weight excluding hydrogens is 190 g/mol. The number of hydrogen-bond acceptors (Lipinski definition) is 2. The number of aromatic nitrogens is 2. The summed E-state index contributed by atoms with van der Waals surface area (Å²) in [7, 11) is 0. The highest BCUT2D eigenvalue weighted by atomic mass is 16.1. The first-order chi connectivity index (χ1) is 7.13. The smallest absolute Gasteiger partial charge is 0.220 e. The molecule has 0 saturated carbocycles. The molecule has 4 heteroatoms. The first-order valence-electron chi connectivity index (χ1n) is 5.44. The summed E-state index contributed by atoms with van der Waals surface area (Å²) in [6.45, 7) is 6.67. The zero-order valence-corrected chi connectivity index (χ0v) is 9.66. The molecule has 0 aliphatic heterocycles. The lowest BCUT2D eigenvalue weighted by Gasteiger charge is -2.04. The summed E-state index contributed by atoms with van der Waals surface area (Å²) in [5, 5.41) is 7.18. The SMILES string of the molecule is CCCC(=O)NCc1ccn(C(C)C)n1.[HH]. The van der Waals surface area contributed by atoms with Gasteiger partial charge in [-0.3, -0.25) is 9.48 Å². The fourth-order valence-electron chi connectivity index (χ4n) is 1.26. The molecule has 0 fully saturated rings. The van der Waals surface area contributed by atoms with Gasteiger partial charge in [0, 0.05) is 20.1 Å². The van der Waals surface area contributed by atoms with Crippen molar-refractivity contribution in [2.45, 2.75) is 46.2 Å².